The van der Waals surface area contributed by atoms with Gasteiger partial charge < -0.3 is 14.6 Å². The first-order valence-corrected chi connectivity index (χ1v) is 14.4. The number of carbonyl (C=O) groups is 2. The van der Waals surface area contributed by atoms with Crippen molar-refractivity contribution in [1.82, 2.24) is 4.98 Å². The number of carbonyl (C=O) groups excluding carboxylic acids is 2. The summed E-state index contributed by atoms with van der Waals surface area (Å²) >= 11 is 7.44. The van der Waals surface area contributed by atoms with E-state index >= 15 is 0 Å². The van der Waals surface area contributed by atoms with Crippen LogP contribution in [0.25, 0.3) is 16.0 Å². The molecule has 4 aromatic rings. The van der Waals surface area contributed by atoms with Gasteiger partial charge in [0.05, 0.1) is 35.0 Å². The predicted molar refractivity (Wildman–Crippen MR) is 158 cm³/mol. The number of benzene rings is 3. The number of anilines is 1. The van der Waals surface area contributed by atoms with Crippen molar-refractivity contribution in [2.45, 2.75) is 39.2 Å². The number of halogens is 1. The number of Topliss-reactive ketones (excluding diaryl/α,β-unsaturated/α-hetero) is 1. The van der Waals surface area contributed by atoms with Crippen LogP contribution in [0.5, 0.6) is 11.5 Å². The van der Waals surface area contributed by atoms with Crippen LogP contribution in [0, 0.1) is 0 Å². The van der Waals surface area contributed by atoms with Gasteiger partial charge in [0, 0.05) is 10.6 Å². The lowest BCUT2D eigenvalue weighted by atomic mass is 9.95. The molecule has 1 atom stereocenters. The van der Waals surface area contributed by atoms with Gasteiger partial charge in [0.15, 0.2) is 5.13 Å². The van der Waals surface area contributed by atoms with Crippen LogP contribution in [-0.2, 0) is 9.59 Å². The highest BCUT2D eigenvalue weighted by molar-refractivity contribution is 7.22. The molecule has 2 heterocycles. The molecular weight excluding hydrogens is 548 g/mol. The standard InChI is InChI=1S/C31H29ClN2O5S/c1-3-5-16-39-23-8-6-7-20(17-23)27-26(28(35)19-9-12-22(13-10-19)38-15-4-2)29(36)30(37)34(27)31-33-24-14-11-21(32)18-25(24)40-31/h6-14,17-18,27,35H,3-5,15-16H2,1-2H3/b28-26+. The van der Waals surface area contributed by atoms with Gasteiger partial charge in [-0.1, -0.05) is 55.3 Å². The molecule has 1 N–H and O–H groups in total. The third kappa shape index (κ3) is 5.55. The van der Waals surface area contributed by atoms with E-state index in [0.717, 1.165) is 24.0 Å². The van der Waals surface area contributed by atoms with Gasteiger partial charge in [-0.3, -0.25) is 14.5 Å². The minimum Gasteiger partial charge on any atom is -0.507 e. The zero-order chi connectivity index (χ0) is 28.2. The minimum absolute atomic E-state index is 0.0183. The van der Waals surface area contributed by atoms with Crippen LogP contribution in [0.4, 0.5) is 5.13 Å². The average Bonchev–Trinajstić information content (AvgIpc) is 3.49. The molecule has 40 heavy (non-hydrogen) atoms. The lowest BCUT2D eigenvalue weighted by molar-refractivity contribution is -0.132. The SMILES string of the molecule is CCCCOc1cccc(C2/C(=C(\O)c3ccc(OCCC)cc3)C(=O)C(=O)N2c2nc3ccc(Cl)cc3s2)c1. The van der Waals surface area contributed by atoms with Gasteiger partial charge in [-0.05, 0) is 73.0 Å². The van der Waals surface area contributed by atoms with Gasteiger partial charge in [-0.2, -0.15) is 0 Å². The van der Waals surface area contributed by atoms with E-state index in [0.29, 0.717) is 51.5 Å². The molecule has 9 heteroatoms. The summed E-state index contributed by atoms with van der Waals surface area (Å²) in [5, 5.41) is 12.3. The number of unbranched alkanes of at least 4 members (excludes halogenated alkanes) is 1. The Labute approximate surface area is 241 Å². The second kappa shape index (κ2) is 12.1. The van der Waals surface area contributed by atoms with Gasteiger partial charge >= 0.3 is 5.91 Å². The molecule has 1 saturated heterocycles. The monoisotopic (exact) mass is 576 g/mol. The van der Waals surface area contributed by atoms with E-state index < -0.39 is 17.7 Å². The number of amides is 1. The van der Waals surface area contributed by atoms with Gasteiger partial charge in [0.1, 0.15) is 17.3 Å². The maximum atomic E-state index is 13.6. The first-order valence-electron chi connectivity index (χ1n) is 13.2. The molecule has 0 spiro atoms. The van der Waals surface area contributed by atoms with Crippen molar-refractivity contribution in [3.05, 3.63) is 88.5 Å². The van der Waals surface area contributed by atoms with Gasteiger partial charge in [0.2, 0.25) is 0 Å². The third-order valence-electron chi connectivity index (χ3n) is 6.53. The molecule has 1 aliphatic rings. The molecule has 1 amide bonds. The number of nitrogens with zero attached hydrogens (tertiary/aromatic N) is 2. The Kier molecular flexibility index (Phi) is 8.38. The van der Waals surface area contributed by atoms with Crippen molar-refractivity contribution in [1.29, 1.82) is 0 Å². The van der Waals surface area contributed by atoms with E-state index in [9.17, 15) is 14.7 Å². The molecule has 3 aromatic carbocycles. The van der Waals surface area contributed by atoms with Crippen LogP contribution in [0.2, 0.25) is 5.02 Å². The number of thiazole rings is 1. The molecule has 1 unspecified atom stereocenters. The molecule has 7 nitrogen and oxygen atoms in total. The van der Waals surface area contributed by atoms with Crippen molar-refractivity contribution in [3.63, 3.8) is 0 Å². The molecule has 0 aliphatic carbocycles. The largest absolute Gasteiger partial charge is 0.507 e. The second-order valence-corrected chi connectivity index (χ2v) is 10.9. The van der Waals surface area contributed by atoms with Gasteiger partial charge in [-0.15, -0.1) is 0 Å². The Morgan fingerprint density at radius 2 is 1.75 bits per heavy atom. The maximum Gasteiger partial charge on any atom is 0.301 e. The van der Waals surface area contributed by atoms with E-state index in [-0.39, 0.29) is 11.3 Å². The topological polar surface area (TPSA) is 89.0 Å². The lowest BCUT2D eigenvalue weighted by Gasteiger charge is -2.23. The summed E-state index contributed by atoms with van der Waals surface area (Å²) in [6.07, 6.45) is 2.75. The fraction of sp³-hybridized carbons (Fsp3) is 0.258. The quantitative estimate of drug-likeness (QED) is 0.0907. The summed E-state index contributed by atoms with van der Waals surface area (Å²) in [6.45, 7) is 5.22. The minimum atomic E-state index is -0.915. The molecule has 0 radical (unpaired) electrons. The predicted octanol–water partition coefficient (Wildman–Crippen LogP) is 7.54. The molecule has 5 rings (SSSR count). The van der Waals surface area contributed by atoms with Gasteiger partial charge in [0.25, 0.3) is 5.78 Å². The first-order chi connectivity index (χ1) is 19.4. The summed E-state index contributed by atoms with van der Waals surface area (Å²) < 4.78 is 12.4. The fourth-order valence-corrected chi connectivity index (χ4v) is 5.80. The Hall–Kier alpha value is -3.88. The second-order valence-electron chi connectivity index (χ2n) is 9.42. The van der Waals surface area contributed by atoms with Crippen LogP contribution in [0.15, 0.2) is 72.3 Å². The van der Waals surface area contributed by atoms with Crippen LogP contribution in [-0.4, -0.2) is 35.0 Å². The van der Waals surface area contributed by atoms with Crippen molar-refractivity contribution in [2.24, 2.45) is 0 Å². The Morgan fingerprint density at radius 1 is 0.975 bits per heavy atom. The number of fused-ring (bicyclic) bond motifs is 1. The van der Waals surface area contributed by atoms with Gasteiger partial charge in [-0.25, -0.2) is 4.98 Å². The summed E-state index contributed by atoms with van der Waals surface area (Å²) in [5.41, 5.74) is 1.66. The number of ether oxygens (including phenoxy) is 2. The van der Waals surface area contributed by atoms with Crippen LogP contribution >= 0.6 is 22.9 Å². The Balaban J connectivity index is 1.63. The molecule has 1 fully saturated rings. The fourth-order valence-electron chi connectivity index (χ4n) is 4.53. The van der Waals surface area contributed by atoms with E-state index in [4.69, 9.17) is 21.1 Å². The molecule has 0 saturated carbocycles. The van der Waals surface area contributed by atoms with E-state index in [1.807, 2.05) is 25.1 Å². The number of aliphatic hydroxyl groups is 1. The van der Waals surface area contributed by atoms with Crippen LogP contribution < -0.4 is 14.4 Å². The summed E-state index contributed by atoms with van der Waals surface area (Å²) in [5.74, 6) is -0.555. The van der Waals surface area contributed by atoms with Crippen molar-refractivity contribution in [2.75, 3.05) is 18.1 Å². The number of rotatable bonds is 10. The number of ketones is 1. The summed E-state index contributed by atoms with van der Waals surface area (Å²) in [7, 11) is 0. The zero-order valence-electron chi connectivity index (χ0n) is 22.2. The number of hydrogen-bond acceptors (Lipinski definition) is 7. The highest BCUT2D eigenvalue weighted by atomic mass is 35.5. The number of aliphatic hydroxyl groups excluding tert-OH is 1. The molecule has 1 aromatic heterocycles. The molecular formula is C31H29ClN2O5S. The molecule has 206 valence electrons. The van der Waals surface area contributed by atoms with E-state index in [1.54, 1.807) is 48.5 Å². The highest BCUT2D eigenvalue weighted by Gasteiger charge is 2.48. The molecule has 1 aliphatic heterocycles. The highest BCUT2D eigenvalue weighted by Crippen LogP contribution is 2.45. The van der Waals surface area contributed by atoms with E-state index in [1.165, 1.54) is 16.2 Å². The molecule has 0 bridgehead atoms. The number of aromatic nitrogens is 1. The lowest BCUT2D eigenvalue weighted by Crippen LogP contribution is -2.29. The zero-order valence-corrected chi connectivity index (χ0v) is 23.8. The number of hydrogen-bond donors (Lipinski definition) is 1. The smallest absolute Gasteiger partial charge is 0.301 e. The summed E-state index contributed by atoms with van der Waals surface area (Å²) in [4.78, 5) is 33.1. The third-order valence-corrected chi connectivity index (χ3v) is 7.78. The maximum absolute atomic E-state index is 13.6. The average molecular weight is 577 g/mol. The van der Waals surface area contributed by atoms with Crippen LogP contribution in [0.1, 0.15) is 50.3 Å². The normalized spacial score (nSPS) is 16.6. The Morgan fingerprint density at radius 3 is 2.50 bits per heavy atom. The Bertz CT molecular complexity index is 1580. The van der Waals surface area contributed by atoms with Crippen molar-refractivity contribution < 1.29 is 24.2 Å². The first kappa shape index (κ1) is 27.7. The van der Waals surface area contributed by atoms with Crippen LogP contribution in [0.3, 0.4) is 0 Å². The van der Waals surface area contributed by atoms with Crippen molar-refractivity contribution in [3.8, 4) is 11.5 Å². The van der Waals surface area contributed by atoms with Crippen molar-refractivity contribution >= 4 is 55.7 Å². The van der Waals surface area contributed by atoms with E-state index in [2.05, 4.69) is 11.9 Å². The summed E-state index contributed by atoms with van der Waals surface area (Å²) in [6, 6.07) is 18.4.